The van der Waals surface area contributed by atoms with E-state index in [9.17, 15) is 5.26 Å². The molecule has 0 aliphatic heterocycles. The Balaban J connectivity index is 3.09. The Labute approximate surface area is 114 Å². The van der Waals surface area contributed by atoms with Gasteiger partial charge in [-0.15, -0.1) is 0 Å². The fourth-order valence-electron chi connectivity index (χ4n) is 1.92. The lowest BCUT2D eigenvalue weighted by Crippen LogP contribution is -2.33. The third-order valence-electron chi connectivity index (χ3n) is 3.08. The summed E-state index contributed by atoms with van der Waals surface area (Å²) in [5.74, 6) is 1.84. The van der Waals surface area contributed by atoms with Gasteiger partial charge in [0.2, 0.25) is 0 Å². The van der Waals surface area contributed by atoms with E-state index in [1.165, 1.54) is 0 Å². The van der Waals surface area contributed by atoms with Crippen molar-refractivity contribution >= 4 is 17.4 Å². The Bertz CT molecular complexity index is 428. The number of thioether (sulfide) groups is 1. The van der Waals surface area contributed by atoms with Crippen LogP contribution in [0.2, 0.25) is 0 Å². The van der Waals surface area contributed by atoms with E-state index in [4.69, 9.17) is 4.74 Å². The van der Waals surface area contributed by atoms with Crippen LogP contribution in [-0.4, -0.2) is 32.2 Å². The first-order valence-electron chi connectivity index (χ1n) is 5.97. The standard InChI is InChI=1S/C14H20N2OS/c1-5-12(10-18-4)16(2)14-8-13(17-3)7-6-11(14)9-15/h6-8,12H,5,10H2,1-4H3. The second kappa shape index (κ2) is 7.17. The molecule has 0 fully saturated rings. The molecule has 1 unspecified atom stereocenters. The van der Waals surface area contributed by atoms with Gasteiger partial charge in [0, 0.05) is 24.9 Å². The molecule has 1 atom stereocenters. The van der Waals surface area contributed by atoms with Gasteiger partial charge in [0.1, 0.15) is 11.8 Å². The van der Waals surface area contributed by atoms with Crippen LogP contribution < -0.4 is 9.64 Å². The van der Waals surface area contributed by atoms with Crippen LogP contribution in [0.1, 0.15) is 18.9 Å². The Morgan fingerprint density at radius 1 is 1.50 bits per heavy atom. The first kappa shape index (κ1) is 14.7. The molecule has 18 heavy (non-hydrogen) atoms. The average Bonchev–Trinajstić information content (AvgIpc) is 2.43. The van der Waals surface area contributed by atoms with Gasteiger partial charge >= 0.3 is 0 Å². The summed E-state index contributed by atoms with van der Waals surface area (Å²) in [4.78, 5) is 2.18. The molecule has 0 bridgehead atoms. The lowest BCUT2D eigenvalue weighted by Gasteiger charge is -2.29. The van der Waals surface area contributed by atoms with Gasteiger partial charge in [-0.1, -0.05) is 6.92 Å². The summed E-state index contributed by atoms with van der Waals surface area (Å²) in [5.41, 5.74) is 1.63. The third kappa shape index (κ3) is 3.33. The number of rotatable bonds is 6. The lowest BCUT2D eigenvalue weighted by molar-refractivity contribution is 0.414. The molecule has 0 aliphatic rings. The van der Waals surface area contributed by atoms with Crippen molar-refractivity contribution in [2.75, 3.05) is 31.1 Å². The van der Waals surface area contributed by atoms with E-state index in [0.29, 0.717) is 11.6 Å². The Hall–Kier alpha value is -1.34. The number of anilines is 1. The van der Waals surface area contributed by atoms with Crippen LogP contribution in [0, 0.1) is 11.3 Å². The van der Waals surface area contributed by atoms with Crippen molar-refractivity contribution in [2.45, 2.75) is 19.4 Å². The molecule has 4 heteroatoms. The number of benzene rings is 1. The highest BCUT2D eigenvalue weighted by Gasteiger charge is 2.16. The summed E-state index contributed by atoms with van der Waals surface area (Å²) >= 11 is 1.82. The van der Waals surface area contributed by atoms with Gasteiger partial charge in [-0.2, -0.15) is 17.0 Å². The average molecular weight is 264 g/mol. The number of hydrogen-bond donors (Lipinski definition) is 0. The van der Waals surface area contributed by atoms with Crippen molar-refractivity contribution in [1.82, 2.24) is 0 Å². The quantitative estimate of drug-likeness (QED) is 0.791. The molecule has 98 valence electrons. The van der Waals surface area contributed by atoms with Gasteiger partial charge in [0.15, 0.2) is 0 Å². The molecule has 0 heterocycles. The van der Waals surface area contributed by atoms with Gasteiger partial charge in [-0.05, 0) is 24.8 Å². The molecule has 0 saturated carbocycles. The van der Waals surface area contributed by atoms with E-state index in [-0.39, 0.29) is 0 Å². The summed E-state index contributed by atoms with van der Waals surface area (Å²) in [6, 6.07) is 8.25. The molecule has 0 aromatic heterocycles. The van der Waals surface area contributed by atoms with Crippen LogP contribution >= 0.6 is 11.8 Å². The topological polar surface area (TPSA) is 36.3 Å². The zero-order valence-corrected chi connectivity index (χ0v) is 12.3. The van der Waals surface area contributed by atoms with Crippen LogP contribution in [0.3, 0.4) is 0 Å². The van der Waals surface area contributed by atoms with Gasteiger partial charge in [0.05, 0.1) is 18.4 Å². The number of nitrogens with zero attached hydrogens (tertiary/aromatic N) is 2. The second-order valence-corrected chi connectivity index (χ2v) is 5.03. The zero-order valence-electron chi connectivity index (χ0n) is 11.4. The summed E-state index contributed by atoms with van der Waals surface area (Å²) in [6.07, 6.45) is 3.16. The van der Waals surface area contributed by atoms with Gasteiger partial charge in [-0.25, -0.2) is 0 Å². The molecule has 0 radical (unpaired) electrons. The molecule has 1 aromatic rings. The van der Waals surface area contributed by atoms with E-state index >= 15 is 0 Å². The Morgan fingerprint density at radius 2 is 2.22 bits per heavy atom. The first-order valence-corrected chi connectivity index (χ1v) is 7.37. The molecule has 0 aliphatic carbocycles. The van der Waals surface area contributed by atoms with Gasteiger partial charge < -0.3 is 9.64 Å². The van der Waals surface area contributed by atoms with Crippen LogP contribution in [0.25, 0.3) is 0 Å². The molecule has 0 N–H and O–H groups in total. The maximum atomic E-state index is 9.19. The van der Waals surface area contributed by atoms with Crippen molar-refractivity contribution in [3.05, 3.63) is 23.8 Å². The van der Waals surface area contributed by atoms with Crippen LogP contribution in [-0.2, 0) is 0 Å². The first-order chi connectivity index (χ1) is 8.67. The number of hydrogen-bond acceptors (Lipinski definition) is 4. The third-order valence-corrected chi connectivity index (χ3v) is 3.80. The summed E-state index contributed by atoms with van der Waals surface area (Å²) in [6.45, 7) is 2.17. The monoisotopic (exact) mass is 264 g/mol. The molecule has 1 rings (SSSR count). The number of methoxy groups -OCH3 is 1. The molecule has 0 spiro atoms. The predicted octanol–water partition coefficient (Wildman–Crippen LogP) is 3.14. The van der Waals surface area contributed by atoms with Crippen LogP contribution in [0.15, 0.2) is 18.2 Å². The Kier molecular flexibility index (Phi) is 5.87. The minimum atomic E-state index is 0.430. The maximum absolute atomic E-state index is 9.19. The van der Waals surface area contributed by atoms with Crippen LogP contribution in [0.4, 0.5) is 5.69 Å². The van der Waals surface area contributed by atoms with E-state index in [1.807, 2.05) is 37.0 Å². The van der Waals surface area contributed by atoms with Gasteiger partial charge in [0.25, 0.3) is 0 Å². The lowest BCUT2D eigenvalue weighted by atomic mass is 10.1. The molecular weight excluding hydrogens is 244 g/mol. The van der Waals surface area contributed by atoms with E-state index in [0.717, 1.165) is 23.6 Å². The minimum absolute atomic E-state index is 0.430. The number of nitriles is 1. The molecule has 0 amide bonds. The van der Waals surface area contributed by atoms with Crippen molar-refractivity contribution in [3.63, 3.8) is 0 Å². The second-order valence-electron chi connectivity index (χ2n) is 4.12. The van der Waals surface area contributed by atoms with Crippen LogP contribution in [0.5, 0.6) is 5.75 Å². The van der Waals surface area contributed by atoms with Crippen molar-refractivity contribution < 1.29 is 4.74 Å². The minimum Gasteiger partial charge on any atom is -0.497 e. The summed E-state index contributed by atoms with van der Waals surface area (Å²) in [5, 5.41) is 9.19. The highest BCUT2D eigenvalue weighted by atomic mass is 32.2. The highest BCUT2D eigenvalue weighted by Crippen LogP contribution is 2.27. The van der Waals surface area contributed by atoms with E-state index in [2.05, 4.69) is 24.1 Å². The zero-order chi connectivity index (χ0) is 13.5. The van der Waals surface area contributed by atoms with Crippen molar-refractivity contribution in [3.8, 4) is 11.8 Å². The predicted molar refractivity (Wildman–Crippen MR) is 78.6 cm³/mol. The Morgan fingerprint density at radius 3 is 2.72 bits per heavy atom. The summed E-state index contributed by atoms with van der Waals surface area (Å²) in [7, 11) is 3.68. The SMILES string of the molecule is CCC(CSC)N(C)c1cc(OC)ccc1C#N. The molecule has 0 saturated heterocycles. The number of ether oxygens (including phenoxy) is 1. The van der Waals surface area contributed by atoms with Crippen molar-refractivity contribution in [2.24, 2.45) is 0 Å². The smallest absolute Gasteiger partial charge is 0.121 e. The van der Waals surface area contributed by atoms with Crippen molar-refractivity contribution in [1.29, 1.82) is 5.26 Å². The maximum Gasteiger partial charge on any atom is 0.121 e. The fraction of sp³-hybridized carbons (Fsp3) is 0.500. The normalized spacial score (nSPS) is 11.7. The fourth-order valence-corrected chi connectivity index (χ4v) is 2.76. The highest BCUT2D eigenvalue weighted by molar-refractivity contribution is 7.98. The largest absolute Gasteiger partial charge is 0.497 e. The van der Waals surface area contributed by atoms with Gasteiger partial charge in [-0.3, -0.25) is 0 Å². The molecule has 3 nitrogen and oxygen atoms in total. The summed E-state index contributed by atoms with van der Waals surface area (Å²) < 4.78 is 5.24. The molecular formula is C14H20N2OS. The van der Waals surface area contributed by atoms with E-state index < -0.39 is 0 Å². The molecule has 1 aromatic carbocycles. The van der Waals surface area contributed by atoms with E-state index in [1.54, 1.807) is 7.11 Å².